The van der Waals surface area contributed by atoms with E-state index in [2.05, 4.69) is 31.9 Å². The summed E-state index contributed by atoms with van der Waals surface area (Å²) in [6.07, 6.45) is 0. The Balaban J connectivity index is 3.18. The molecule has 0 aromatic heterocycles. The zero-order valence-corrected chi connectivity index (χ0v) is 15.5. The number of amides is 2. The number of hydrogen-bond acceptors (Lipinski definition) is 3. The predicted octanol–water partition coefficient (Wildman–Crippen LogP) is 3.54. The van der Waals surface area contributed by atoms with Crippen LogP contribution in [0.25, 0.3) is 0 Å². The molecule has 1 fully saturated rings. The van der Waals surface area contributed by atoms with Crippen LogP contribution in [0.1, 0.15) is 41.5 Å². The predicted molar refractivity (Wildman–Crippen MR) is 83.3 cm³/mol. The lowest BCUT2D eigenvalue weighted by Crippen LogP contribution is -2.47. The minimum Gasteiger partial charge on any atom is -0.274 e. The van der Waals surface area contributed by atoms with Gasteiger partial charge in [-0.3, -0.25) is 14.5 Å². The Morgan fingerprint density at radius 2 is 1.61 bits per heavy atom. The molecule has 18 heavy (non-hydrogen) atoms. The maximum Gasteiger partial charge on any atom is 0.258 e. The summed E-state index contributed by atoms with van der Waals surface area (Å²) < 4.78 is -1.05. The van der Waals surface area contributed by atoms with Crippen molar-refractivity contribution in [1.82, 2.24) is 4.90 Å². The SMILES string of the molecule is CC(C)(C)SC1(Br)C(=O)N(C(C)(C)C)C(=O)C1Br. The summed E-state index contributed by atoms with van der Waals surface area (Å²) in [5.74, 6) is -0.358. The Kier molecular flexibility index (Phi) is 4.38. The molecule has 1 rings (SSSR count). The van der Waals surface area contributed by atoms with Crippen molar-refractivity contribution in [2.24, 2.45) is 0 Å². The van der Waals surface area contributed by atoms with Gasteiger partial charge in [0.1, 0.15) is 4.83 Å². The van der Waals surface area contributed by atoms with E-state index in [-0.39, 0.29) is 16.6 Å². The van der Waals surface area contributed by atoms with Crippen molar-refractivity contribution in [3.8, 4) is 0 Å². The van der Waals surface area contributed by atoms with E-state index in [0.717, 1.165) is 0 Å². The number of halogens is 2. The quantitative estimate of drug-likeness (QED) is 0.499. The van der Waals surface area contributed by atoms with Gasteiger partial charge < -0.3 is 0 Å². The summed E-state index contributed by atoms with van der Waals surface area (Å²) >= 11 is 8.33. The molecule has 0 aliphatic carbocycles. The highest BCUT2D eigenvalue weighted by atomic mass is 79.9. The molecule has 1 aliphatic rings. The van der Waals surface area contributed by atoms with Crippen LogP contribution in [0.5, 0.6) is 0 Å². The Morgan fingerprint density at radius 3 is 1.89 bits per heavy atom. The molecule has 0 saturated carbocycles. The van der Waals surface area contributed by atoms with Crippen LogP contribution in [0, 0.1) is 0 Å². The Morgan fingerprint density at radius 1 is 1.17 bits per heavy atom. The molecule has 0 aromatic rings. The highest BCUT2D eigenvalue weighted by molar-refractivity contribution is 9.14. The van der Waals surface area contributed by atoms with Gasteiger partial charge in [0.2, 0.25) is 5.91 Å². The third-order valence-corrected chi connectivity index (χ3v) is 6.98. The average molecular weight is 401 g/mol. The van der Waals surface area contributed by atoms with Crippen molar-refractivity contribution >= 4 is 55.4 Å². The molecule has 1 heterocycles. The molecule has 1 aliphatic heterocycles. The second-order valence-corrected chi connectivity index (χ2v) is 11.1. The van der Waals surface area contributed by atoms with E-state index in [0.29, 0.717) is 0 Å². The van der Waals surface area contributed by atoms with Gasteiger partial charge in [-0.1, -0.05) is 52.6 Å². The molecule has 2 atom stereocenters. The van der Waals surface area contributed by atoms with E-state index in [1.54, 1.807) is 0 Å². The first-order valence-electron chi connectivity index (χ1n) is 5.72. The van der Waals surface area contributed by atoms with Crippen molar-refractivity contribution in [3.63, 3.8) is 0 Å². The maximum absolute atomic E-state index is 12.6. The van der Waals surface area contributed by atoms with Crippen molar-refractivity contribution in [1.29, 1.82) is 0 Å². The van der Waals surface area contributed by atoms with Gasteiger partial charge in [0.25, 0.3) is 5.91 Å². The topological polar surface area (TPSA) is 37.4 Å². The van der Waals surface area contributed by atoms with Crippen LogP contribution >= 0.6 is 43.6 Å². The molecule has 6 heteroatoms. The molecule has 2 unspecified atom stereocenters. The highest BCUT2D eigenvalue weighted by Gasteiger charge is 2.61. The number of rotatable bonds is 1. The van der Waals surface area contributed by atoms with Gasteiger partial charge in [-0.2, -0.15) is 0 Å². The van der Waals surface area contributed by atoms with Crippen LogP contribution < -0.4 is 0 Å². The number of carbonyl (C=O) groups excluding carboxylic acids is 2. The fraction of sp³-hybridized carbons (Fsp3) is 0.833. The van der Waals surface area contributed by atoms with Crippen LogP contribution in [0.4, 0.5) is 0 Å². The fourth-order valence-electron chi connectivity index (χ4n) is 1.81. The second-order valence-electron chi connectivity index (χ2n) is 6.37. The van der Waals surface area contributed by atoms with Crippen LogP contribution in [0.3, 0.4) is 0 Å². The zero-order valence-electron chi connectivity index (χ0n) is 11.5. The van der Waals surface area contributed by atoms with Gasteiger partial charge in [0.15, 0.2) is 3.66 Å². The maximum atomic E-state index is 12.6. The largest absolute Gasteiger partial charge is 0.274 e. The van der Waals surface area contributed by atoms with E-state index in [1.807, 2.05) is 41.5 Å². The number of alkyl halides is 2. The first-order chi connectivity index (χ1) is 7.81. The van der Waals surface area contributed by atoms with E-state index in [4.69, 9.17) is 0 Å². The van der Waals surface area contributed by atoms with Gasteiger partial charge in [0, 0.05) is 10.3 Å². The number of nitrogens with zero attached hydrogens (tertiary/aromatic N) is 1. The van der Waals surface area contributed by atoms with Crippen molar-refractivity contribution in [2.75, 3.05) is 0 Å². The Hall–Kier alpha value is 0.450. The first-order valence-corrected chi connectivity index (χ1v) is 8.25. The molecule has 0 radical (unpaired) electrons. The van der Waals surface area contributed by atoms with Crippen LogP contribution in [-0.4, -0.2) is 35.5 Å². The lowest BCUT2D eigenvalue weighted by atomic mass is 10.1. The number of likely N-dealkylation sites (tertiary alicyclic amines) is 1. The van der Waals surface area contributed by atoms with Gasteiger partial charge in [-0.05, 0) is 20.8 Å². The standard InChI is InChI=1S/C12H19Br2NO2S/c1-10(2,3)15-8(16)7(13)12(14,9(15)17)18-11(4,5)6/h7H,1-6H3. The van der Waals surface area contributed by atoms with Crippen molar-refractivity contribution in [3.05, 3.63) is 0 Å². The monoisotopic (exact) mass is 399 g/mol. The highest BCUT2D eigenvalue weighted by Crippen LogP contribution is 2.52. The number of hydrogen-bond donors (Lipinski definition) is 0. The summed E-state index contributed by atoms with van der Waals surface area (Å²) in [5, 5.41) is 0. The molecular weight excluding hydrogens is 382 g/mol. The third kappa shape index (κ3) is 2.96. The van der Waals surface area contributed by atoms with Crippen LogP contribution in [-0.2, 0) is 9.59 Å². The van der Waals surface area contributed by atoms with Crippen molar-refractivity contribution < 1.29 is 9.59 Å². The third-order valence-electron chi connectivity index (χ3n) is 2.38. The molecule has 1 saturated heterocycles. The molecule has 3 nitrogen and oxygen atoms in total. The lowest BCUT2D eigenvalue weighted by Gasteiger charge is -2.33. The minimum absolute atomic E-state index is 0.126. The van der Waals surface area contributed by atoms with E-state index in [1.165, 1.54) is 16.7 Å². The number of imide groups is 1. The fourth-order valence-corrected chi connectivity index (χ4v) is 5.59. The molecule has 2 amide bonds. The van der Waals surface area contributed by atoms with Crippen LogP contribution in [0.2, 0.25) is 0 Å². The van der Waals surface area contributed by atoms with Crippen LogP contribution in [0.15, 0.2) is 0 Å². The summed E-state index contributed by atoms with van der Waals surface area (Å²) in [5.41, 5.74) is -0.506. The van der Waals surface area contributed by atoms with Gasteiger partial charge in [-0.15, -0.1) is 11.8 Å². The molecule has 0 aromatic carbocycles. The summed E-state index contributed by atoms with van der Waals surface area (Å²) in [7, 11) is 0. The number of carbonyl (C=O) groups is 2. The Bertz CT molecular complexity index is 387. The average Bonchev–Trinajstić information content (AvgIpc) is 2.24. The van der Waals surface area contributed by atoms with E-state index < -0.39 is 14.0 Å². The van der Waals surface area contributed by atoms with E-state index >= 15 is 0 Å². The van der Waals surface area contributed by atoms with E-state index in [9.17, 15) is 9.59 Å². The van der Waals surface area contributed by atoms with Gasteiger partial charge in [-0.25, -0.2) is 0 Å². The first kappa shape index (κ1) is 16.5. The second kappa shape index (κ2) is 4.77. The molecule has 104 valence electrons. The summed E-state index contributed by atoms with van der Waals surface area (Å²) in [6.45, 7) is 11.7. The molecule has 0 spiro atoms. The smallest absolute Gasteiger partial charge is 0.258 e. The normalized spacial score (nSPS) is 30.2. The zero-order chi connectivity index (χ0) is 14.5. The molecule has 0 bridgehead atoms. The lowest BCUT2D eigenvalue weighted by molar-refractivity contribution is -0.143. The number of thioether (sulfide) groups is 1. The minimum atomic E-state index is -0.921. The molecular formula is C12H19Br2NO2S. The van der Waals surface area contributed by atoms with Gasteiger partial charge in [0.05, 0.1) is 0 Å². The van der Waals surface area contributed by atoms with Gasteiger partial charge >= 0.3 is 0 Å². The molecule has 0 N–H and O–H groups in total. The Labute approximate surface area is 130 Å². The summed E-state index contributed by atoms with van der Waals surface area (Å²) in [4.78, 5) is 25.7. The summed E-state index contributed by atoms with van der Waals surface area (Å²) in [6, 6.07) is 0. The van der Waals surface area contributed by atoms with Crippen molar-refractivity contribution in [2.45, 2.75) is 60.3 Å².